The summed E-state index contributed by atoms with van der Waals surface area (Å²) in [5.41, 5.74) is 0.771. The molecule has 0 spiro atoms. The Morgan fingerprint density at radius 1 is 0.929 bits per heavy atom. The van der Waals surface area contributed by atoms with Crippen molar-refractivity contribution in [2.75, 3.05) is 18.6 Å². The van der Waals surface area contributed by atoms with Gasteiger partial charge in [-0.05, 0) is 36.3 Å². The smallest absolute Gasteiger partial charge is 0.334 e. The van der Waals surface area contributed by atoms with Gasteiger partial charge in [-0.3, -0.25) is 19.2 Å². The van der Waals surface area contributed by atoms with E-state index in [9.17, 15) is 34.2 Å². The summed E-state index contributed by atoms with van der Waals surface area (Å²) in [5, 5.41) is 29.8. The van der Waals surface area contributed by atoms with E-state index in [1.807, 2.05) is 26.2 Å². The number of rotatable bonds is 18. The molecule has 1 heterocycles. The summed E-state index contributed by atoms with van der Waals surface area (Å²) in [6.45, 7) is 3.63. The summed E-state index contributed by atoms with van der Waals surface area (Å²) in [4.78, 5) is 67.6. The lowest BCUT2D eigenvalue weighted by molar-refractivity contribution is -0.145. The molecule has 13 nitrogen and oxygen atoms in total. The van der Waals surface area contributed by atoms with Gasteiger partial charge in [-0.1, -0.05) is 44.2 Å². The first-order chi connectivity index (χ1) is 20.0. The van der Waals surface area contributed by atoms with E-state index in [0.717, 1.165) is 17.7 Å². The molecule has 3 unspecified atom stereocenters. The van der Waals surface area contributed by atoms with Crippen LogP contribution in [0.1, 0.15) is 38.7 Å². The van der Waals surface area contributed by atoms with Gasteiger partial charge in [0.05, 0.1) is 6.42 Å². The van der Waals surface area contributed by atoms with E-state index in [0.29, 0.717) is 29.7 Å². The predicted molar refractivity (Wildman–Crippen MR) is 156 cm³/mol. The van der Waals surface area contributed by atoms with Crippen molar-refractivity contribution in [3.05, 3.63) is 48.0 Å². The second kappa shape index (κ2) is 17.6. The van der Waals surface area contributed by atoms with Crippen LogP contribution in [0.5, 0.6) is 11.8 Å². The van der Waals surface area contributed by atoms with Crippen molar-refractivity contribution in [2.24, 2.45) is 5.92 Å². The van der Waals surface area contributed by atoms with Crippen molar-refractivity contribution in [3.8, 4) is 11.8 Å². The summed E-state index contributed by atoms with van der Waals surface area (Å²) in [6, 6.07) is 8.47. The van der Waals surface area contributed by atoms with Crippen LogP contribution in [-0.2, 0) is 30.4 Å². The molecule has 0 aliphatic carbocycles. The molecule has 1 aromatic heterocycles. The molecule has 3 atom stereocenters. The molecular weight excluding hydrogens is 566 g/mol. The normalized spacial score (nSPS) is 13.0. The number of benzene rings is 1. The summed E-state index contributed by atoms with van der Waals surface area (Å²) in [7, 11) is 0. The number of aromatic hydroxyl groups is 2. The largest absolute Gasteiger partial charge is 0.492 e. The van der Waals surface area contributed by atoms with Crippen molar-refractivity contribution in [3.63, 3.8) is 0 Å². The molecule has 2 rings (SSSR count). The molecule has 0 bridgehead atoms. The van der Waals surface area contributed by atoms with Crippen LogP contribution in [0.2, 0.25) is 0 Å². The fraction of sp³-hybridized carbons (Fsp3) is 0.464. The number of aromatic nitrogens is 1. The summed E-state index contributed by atoms with van der Waals surface area (Å²) in [6.07, 6.45) is 2.85. The van der Waals surface area contributed by atoms with Crippen LogP contribution < -0.4 is 26.1 Å². The van der Waals surface area contributed by atoms with Gasteiger partial charge >= 0.3 is 5.97 Å². The van der Waals surface area contributed by atoms with Crippen molar-refractivity contribution >= 4 is 41.9 Å². The van der Waals surface area contributed by atoms with Crippen molar-refractivity contribution < 1.29 is 39.0 Å². The molecule has 0 aliphatic rings. The lowest BCUT2D eigenvalue weighted by Crippen LogP contribution is -2.57. The van der Waals surface area contributed by atoms with Crippen molar-refractivity contribution in [1.82, 2.24) is 26.0 Å². The van der Waals surface area contributed by atoms with E-state index < -0.39 is 53.6 Å². The third kappa shape index (κ3) is 11.4. The molecule has 0 saturated carbocycles. The Morgan fingerprint density at radius 2 is 1.55 bits per heavy atom. The first kappa shape index (κ1) is 34.0. The van der Waals surface area contributed by atoms with Crippen LogP contribution in [0.15, 0.2) is 42.5 Å². The maximum atomic E-state index is 13.4. The van der Waals surface area contributed by atoms with E-state index in [-0.39, 0.29) is 25.3 Å². The minimum Gasteiger partial charge on any atom is -0.492 e. The quantitative estimate of drug-likeness (QED) is 0.131. The Hall–Kier alpha value is -4.20. The molecule has 0 aliphatic heterocycles. The Bertz CT molecular complexity index is 1170. The highest BCUT2D eigenvalue weighted by molar-refractivity contribution is 7.98. The van der Waals surface area contributed by atoms with Gasteiger partial charge in [-0.15, -0.1) is 4.73 Å². The zero-order valence-electron chi connectivity index (χ0n) is 23.9. The van der Waals surface area contributed by atoms with Gasteiger partial charge in [0.15, 0.2) is 0 Å². The molecule has 2 aromatic rings. The second-order valence-electron chi connectivity index (χ2n) is 9.91. The highest BCUT2D eigenvalue weighted by Gasteiger charge is 2.29. The van der Waals surface area contributed by atoms with Crippen LogP contribution in [0.3, 0.4) is 0 Å². The molecule has 0 fully saturated rings. The van der Waals surface area contributed by atoms with E-state index >= 15 is 0 Å². The fourth-order valence-electron chi connectivity index (χ4n) is 3.97. The van der Waals surface area contributed by atoms with Gasteiger partial charge in [0.1, 0.15) is 18.1 Å². The maximum absolute atomic E-state index is 13.4. The highest BCUT2D eigenvalue weighted by Crippen LogP contribution is 2.18. The van der Waals surface area contributed by atoms with Crippen LogP contribution in [0.25, 0.3) is 0 Å². The highest BCUT2D eigenvalue weighted by atomic mass is 32.2. The molecule has 6 N–H and O–H groups in total. The number of nitrogens with one attached hydrogen (secondary N) is 4. The Labute approximate surface area is 248 Å². The minimum absolute atomic E-state index is 0.0244. The monoisotopic (exact) mass is 605 g/mol. The molecule has 0 radical (unpaired) electrons. The van der Waals surface area contributed by atoms with Crippen LogP contribution in [-0.4, -0.2) is 81.7 Å². The Morgan fingerprint density at radius 3 is 2.14 bits per heavy atom. The molecule has 0 saturated heterocycles. The van der Waals surface area contributed by atoms with Gasteiger partial charge in [0, 0.05) is 25.1 Å². The van der Waals surface area contributed by atoms with Gasteiger partial charge in [0.25, 0.3) is 0 Å². The van der Waals surface area contributed by atoms with E-state index in [4.69, 9.17) is 4.84 Å². The third-order valence-corrected chi connectivity index (χ3v) is 6.72. The minimum atomic E-state index is -1.04. The number of carbonyl (C=O) groups is 5. The van der Waals surface area contributed by atoms with Crippen molar-refractivity contribution in [2.45, 2.75) is 57.7 Å². The number of carbonyl (C=O) groups excluding carboxylic acids is 5. The van der Waals surface area contributed by atoms with Crippen LogP contribution in [0, 0.1) is 5.92 Å². The summed E-state index contributed by atoms with van der Waals surface area (Å²) >= 11 is 1.52. The zero-order chi connectivity index (χ0) is 31.1. The second-order valence-corrected chi connectivity index (χ2v) is 10.9. The number of nitrogens with zero attached hydrogens (tertiary/aromatic N) is 1. The first-order valence-corrected chi connectivity index (χ1v) is 14.9. The molecule has 1 aromatic carbocycles. The number of thioether (sulfide) groups is 1. The average Bonchev–Trinajstić information content (AvgIpc) is 3.26. The van der Waals surface area contributed by atoms with Gasteiger partial charge in [-0.2, -0.15) is 11.8 Å². The fourth-order valence-corrected chi connectivity index (χ4v) is 4.44. The number of amides is 4. The zero-order valence-corrected chi connectivity index (χ0v) is 24.7. The standard InChI is InChI=1S/C28H39N5O8S/c1-18(2)15-21(31-27(39)20(30-17-34)12-14-42-3)28(40)32-22(16-19-7-5-4-6-8-19)26(38)29-13-11-25(37)41-33-23(35)9-10-24(33)36/h4-10,17-18,20-22,35-36H,11-16H2,1-3H3,(H,29,38)(H,30,34)(H,31,39)(H,32,40). The molecule has 14 heteroatoms. The van der Waals surface area contributed by atoms with Gasteiger partial charge in [0.2, 0.25) is 35.9 Å². The van der Waals surface area contributed by atoms with E-state index in [1.165, 1.54) is 11.8 Å². The predicted octanol–water partition coefficient (Wildman–Crippen LogP) is 0.487. The maximum Gasteiger partial charge on any atom is 0.334 e. The van der Waals surface area contributed by atoms with Crippen molar-refractivity contribution in [1.29, 1.82) is 0 Å². The molecule has 42 heavy (non-hydrogen) atoms. The lowest BCUT2D eigenvalue weighted by Gasteiger charge is -2.26. The summed E-state index contributed by atoms with van der Waals surface area (Å²) in [5.74, 6) is -2.77. The number of hydrogen-bond acceptors (Lipinski definition) is 9. The lowest BCUT2D eigenvalue weighted by atomic mass is 10.0. The van der Waals surface area contributed by atoms with Crippen LogP contribution in [0.4, 0.5) is 0 Å². The van der Waals surface area contributed by atoms with Gasteiger partial charge < -0.3 is 36.3 Å². The Balaban J connectivity index is 2.10. The SMILES string of the molecule is CSCCC(NC=O)C(=O)NC(CC(C)C)C(=O)NC(Cc1ccccc1)C(=O)NCCC(=O)On1c(O)ccc1O. The van der Waals surface area contributed by atoms with E-state index in [2.05, 4.69) is 21.3 Å². The number of hydrogen-bond donors (Lipinski definition) is 6. The third-order valence-electron chi connectivity index (χ3n) is 6.07. The average molecular weight is 606 g/mol. The van der Waals surface area contributed by atoms with E-state index in [1.54, 1.807) is 24.3 Å². The van der Waals surface area contributed by atoms with Gasteiger partial charge in [-0.25, -0.2) is 4.79 Å². The molecular formula is C28H39N5O8S. The first-order valence-electron chi connectivity index (χ1n) is 13.5. The molecule has 230 valence electrons. The molecule has 4 amide bonds. The van der Waals surface area contributed by atoms with Crippen LogP contribution >= 0.6 is 11.8 Å². The topological polar surface area (TPSA) is 188 Å². The summed E-state index contributed by atoms with van der Waals surface area (Å²) < 4.78 is 0.544. The Kier molecular flexibility index (Phi) is 14.2.